The van der Waals surface area contributed by atoms with E-state index in [9.17, 15) is 0 Å². The molecule has 0 amide bonds. The van der Waals surface area contributed by atoms with Crippen LogP contribution in [0.25, 0.3) is 0 Å². The predicted molar refractivity (Wildman–Crippen MR) is 50.2 cm³/mol. The zero-order chi connectivity index (χ0) is 9.40. The summed E-state index contributed by atoms with van der Waals surface area (Å²) in [4.78, 5) is 0. The molecule has 0 aliphatic carbocycles. The highest BCUT2D eigenvalue weighted by Gasteiger charge is 2.06. The summed E-state index contributed by atoms with van der Waals surface area (Å²) in [6.45, 7) is 8.14. The van der Waals surface area contributed by atoms with Crippen molar-refractivity contribution in [3.63, 3.8) is 0 Å². The summed E-state index contributed by atoms with van der Waals surface area (Å²) in [5, 5.41) is 0. The maximum Gasteiger partial charge on any atom is 0.0704 e. The lowest BCUT2D eigenvalue weighted by Gasteiger charge is -2.16. The largest absolute Gasteiger partial charge is 0.379 e. The summed E-state index contributed by atoms with van der Waals surface area (Å²) in [7, 11) is 0. The second kappa shape index (κ2) is 7.53. The van der Waals surface area contributed by atoms with Crippen LogP contribution in [-0.2, 0) is 9.47 Å². The molecule has 0 aromatic carbocycles. The van der Waals surface area contributed by atoms with E-state index >= 15 is 0 Å². The smallest absolute Gasteiger partial charge is 0.0704 e. The van der Waals surface area contributed by atoms with Crippen molar-refractivity contribution < 1.29 is 9.47 Å². The fraction of sp³-hybridized carbons (Fsp3) is 1.00. The quantitative estimate of drug-likeness (QED) is 0.591. The van der Waals surface area contributed by atoms with E-state index < -0.39 is 0 Å². The highest BCUT2D eigenvalue weighted by Crippen LogP contribution is 1.94. The summed E-state index contributed by atoms with van der Waals surface area (Å²) in [5.74, 6) is 0. The maximum absolute atomic E-state index is 5.61. The highest BCUT2D eigenvalue weighted by molar-refractivity contribution is 4.61. The summed E-state index contributed by atoms with van der Waals surface area (Å²) in [6, 6.07) is 0.0937. The van der Waals surface area contributed by atoms with Crippen LogP contribution in [0.3, 0.4) is 0 Å². The first-order valence-corrected chi connectivity index (χ1v) is 4.63. The number of hydrogen-bond acceptors (Lipinski definition) is 3. The Morgan fingerprint density at radius 2 is 1.83 bits per heavy atom. The van der Waals surface area contributed by atoms with Crippen LogP contribution in [0.1, 0.15) is 27.2 Å². The van der Waals surface area contributed by atoms with Gasteiger partial charge in [0.1, 0.15) is 0 Å². The van der Waals surface area contributed by atoms with Crippen LogP contribution in [0.2, 0.25) is 0 Å². The minimum absolute atomic E-state index is 0.0937. The Morgan fingerprint density at radius 1 is 1.17 bits per heavy atom. The van der Waals surface area contributed by atoms with Gasteiger partial charge in [-0.05, 0) is 20.3 Å². The predicted octanol–water partition coefficient (Wildman–Crippen LogP) is 1.17. The zero-order valence-corrected chi connectivity index (χ0v) is 8.38. The number of hydrogen-bond donors (Lipinski definition) is 1. The fourth-order valence-electron chi connectivity index (χ4n) is 0.691. The molecule has 0 fully saturated rings. The molecule has 0 saturated heterocycles. The Kier molecular flexibility index (Phi) is 7.45. The van der Waals surface area contributed by atoms with Crippen LogP contribution in [0.5, 0.6) is 0 Å². The molecule has 0 rings (SSSR count). The second-order valence-electron chi connectivity index (χ2n) is 3.05. The Morgan fingerprint density at radius 3 is 2.33 bits per heavy atom. The van der Waals surface area contributed by atoms with Crippen molar-refractivity contribution in [2.24, 2.45) is 5.73 Å². The first-order valence-electron chi connectivity index (χ1n) is 4.63. The normalized spacial score (nSPS) is 16.0. The Labute approximate surface area is 75.2 Å². The minimum Gasteiger partial charge on any atom is -0.379 e. The van der Waals surface area contributed by atoms with Crippen molar-refractivity contribution in [2.45, 2.75) is 39.3 Å². The molecule has 0 aromatic heterocycles. The van der Waals surface area contributed by atoms with Crippen molar-refractivity contribution in [1.82, 2.24) is 0 Å². The van der Waals surface area contributed by atoms with E-state index in [0.29, 0.717) is 13.2 Å². The van der Waals surface area contributed by atoms with Gasteiger partial charge in [0.25, 0.3) is 0 Å². The molecule has 3 nitrogen and oxygen atoms in total. The Bertz CT molecular complexity index is 96.5. The van der Waals surface area contributed by atoms with Crippen LogP contribution >= 0.6 is 0 Å². The van der Waals surface area contributed by atoms with E-state index in [4.69, 9.17) is 15.2 Å². The third kappa shape index (κ3) is 6.58. The van der Waals surface area contributed by atoms with Crippen molar-refractivity contribution in [3.8, 4) is 0 Å². The fourth-order valence-corrected chi connectivity index (χ4v) is 0.691. The molecule has 0 radical (unpaired) electrons. The highest BCUT2D eigenvalue weighted by atomic mass is 16.5. The molecule has 74 valence electrons. The van der Waals surface area contributed by atoms with Crippen LogP contribution in [0.15, 0.2) is 0 Å². The molecule has 0 aromatic rings. The first kappa shape index (κ1) is 11.9. The molecule has 0 spiro atoms. The number of nitrogens with two attached hydrogens (primary N) is 1. The minimum atomic E-state index is 0.0937. The van der Waals surface area contributed by atoms with Crippen molar-refractivity contribution in [3.05, 3.63) is 0 Å². The lowest BCUT2D eigenvalue weighted by Crippen LogP contribution is -2.32. The van der Waals surface area contributed by atoms with E-state index in [1.54, 1.807) is 0 Å². The molecule has 2 atom stereocenters. The average Bonchev–Trinajstić information content (AvgIpc) is 2.03. The lowest BCUT2D eigenvalue weighted by molar-refractivity contribution is 0.00480. The van der Waals surface area contributed by atoms with E-state index in [2.05, 4.69) is 6.92 Å². The van der Waals surface area contributed by atoms with Gasteiger partial charge >= 0.3 is 0 Å². The summed E-state index contributed by atoms with van der Waals surface area (Å²) < 4.78 is 10.6. The standard InChI is InChI=1S/C9H21NO2/c1-4-5-11-6-7-12-9(3)8(2)10/h8-9H,4-7,10H2,1-3H3/t8-,9?/m1/s1. The zero-order valence-electron chi connectivity index (χ0n) is 8.38. The molecule has 0 aliphatic rings. The number of ether oxygens (including phenoxy) is 2. The van der Waals surface area contributed by atoms with E-state index in [1.807, 2.05) is 13.8 Å². The molecule has 0 aliphatic heterocycles. The maximum atomic E-state index is 5.61. The summed E-state index contributed by atoms with van der Waals surface area (Å²) >= 11 is 0. The summed E-state index contributed by atoms with van der Waals surface area (Å²) in [5.41, 5.74) is 5.61. The molecule has 0 heterocycles. The van der Waals surface area contributed by atoms with Crippen LogP contribution in [-0.4, -0.2) is 32.0 Å². The molecule has 1 unspecified atom stereocenters. The van der Waals surface area contributed by atoms with Crippen molar-refractivity contribution in [2.75, 3.05) is 19.8 Å². The first-order chi connectivity index (χ1) is 5.68. The average molecular weight is 175 g/mol. The van der Waals surface area contributed by atoms with Gasteiger partial charge in [-0.15, -0.1) is 0 Å². The molecule has 0 saturated carbocycles. The third-order valence-corrected chi connectivity index (χ3v) is 1.70. The summed E-state index contributed by atoms with van der Waals surface area (Å²) in [6.07, 6.45) is 1.18. The van der Waals surface area contributed by atoms with Gasteiger partial charge in [0.15, 0.2) is 0 Å². The molecule has 12 heavy (non-hydrogen) atoms. The van der Waals surface area contributed by atoms with Crippen molar-refractivity contribution in [1.29, 1.82) is 0 Å². The van der Waals surface area contributed by atoms with Gasteiger partial charge in [-0.25, -0.2) is 0 Å². The SMILES string of the molecule is CCCOCCOC(C)[C@@H](C)N. The van der Waals surface area contributed by atoms with Gasteiger partial charge in [0.05, 0.1) is 19.3 Å². The lowest BCUT2D eigenvalue weighted by atomic mass is 10.2. The van der Waals surface area contributed by atoms with Gasteiger partial charge in [-0.2, -0.15) is 0 Å². The van der Waals surface area contributed by atoms with E-state index in [1.165, 1.54) is 0 Å². The molecule has 2 N–H and O–H groups in total. The number of rotatable bonds is 7. The van der Waals surface area contributed by atoms with Gasteiger partial charge < -0.3 is 15.2 Å². The second-order valence-corrected chi connectivity index (χ2v) is 3.05. The van der Waals surface area contributed by atoms with Crippen LogP contribution < -0.4 is 5.73 Å². The van der Waals surface area contributed by atoms with Gasteiger partial charge in [0, 0.05) is 12.6 Å². The van der Waals surface area contributed by atoms with Crippen LogP contribution in [0.4, 0.5) is 0 Å². The van der Waals surface area contributed by atoms with Crippen LogP contribution in [0, 0.1) is 0 Å². The van der Waals surface area contributed by atoms with E-state index in [-0.39, 0.29) is 12.1 Å². The Hall–Kier alpha value is -0.120. The molecule has 3 heteroatoms. The van der Waals surface area contributed by atoms with Gasteiger partial charge in [0.2, 0.25) is 0 Å². The third-order valence-electron chi connectivity index (χ3n) is 1.70. The van der Waals surface area contributed by atoms with Crippen molar-refractivity contribution >= 4 is 0 Å². The monoisotopic (exact) mass is 175 g/mol. The molecular formula is C9H21NO2. The topological polar surface area (TPSA) is 44.5 Å². The molecular weight excluding hydrogens is 154 g/mol. The van der Waals surface area contributed by atoms with E-state index in [0.717, 1.165) is 13.0 Å². The Balaban J connectivity index is 3.08. The molecule has 0 bridgehead atoms. The van der Waals surface area contributed by atoms with Gasteiger partial charge in [-0.3, -0.25) is 0 Å². The van der Waals surface area contributed by atoms with Gasteiger partial charge in [-0.1, -0.05) is 6.92 Å².